The van der Waals surface area contributed by atoms with E-state index in [0.717, 1.165) is 24.3 Å². The van der Waals surface area contributed by atoms with E-state index in [9.17, 15) is 4.79 Å². The van der Waals surface area contributed by atoms with Crippen LogP contribution in [0.15, 0.2) is 24.3 Å². The lowest BCUT2D eigenvalue weighted by molar-refractivity contribution is -0.148. The Balaban J connectivity index is 3.04. The molecule has 1 unspecified atom stereocenters. The average molecular weight is 251 g/mol. The highest BCUT2D eigenvalue weighted by Crippen LogP contribution is 2.24. The van der Waals surface area contributed by atoms with E-state index >= 15 is 0 Å². The van der Waals surface area contributed by atoms with Crippen LogP contribution in [-0.2, 0) is 15.1 Å². The summed E-state index contributed by atoms with van der Waals surface area (Å²) >= 11 is 0. The summed E-state index contributed by atoms with van der Waals surface area (Å²) in [5, 5.41) is 3.23. The molecule has 1 rings (SSSR count). The highest BCUT2D eigenvalue weighted by atomic mass is 16.5. The molecule has 0 radical (unpaired) electrons. The van der Waals surface area contributed by atoms with E-state index in [4.69, 9.17) is 9.47 Å². The van der Waals surface area contributed by atoms with Gasteiger partial charge in [-0.1, -0.05) is 19.1 Å². The van der Waals surface area contributed by atoms with Crippen molar-refractivity contribution in [2.75, 3.05) is 20.8 Å². The number of carbonyl (C=O) groups excluding carboxylic acids is 1. The summed E-state index contributed by atoms with van der Waals surface area (Å²) in [5.74, 6) is 0.475. The van der Waals surface area contributed by atoms with Crippen molar-refractivity contribution in [3.63, 3.8) is 0 Å². The van der Waals surface area contributed by atoms with Crippen LogP contribution < -0.4 is 10.1 Å². The van der Waals surface area contributed by atoms with Gasteiger partial charge in [0.15, 0.2) is 0 Å². The summed E-state index contributed by atoms with van der Waals surface area (Å²) in [5.41, 5.74) is 0.0421. The van der Waals surface area contributed by atoms with E-state index in [-0.39, 0.29) is 5.97 Å². The summed E-state index contributed by atoms with van der Waals surface area (Å²) in [6, 6.07) is 7.42. The third-order valence-corrected chi connectivity index (χ3v) is 2.99. The first-order valence-electron chi connectivity index (χ1n) is 6.06. The molecule has 0 spiro atoms. The number of esters is 1. The van der Waals surface area contributed by atoms with Crippen LogP contribution in [0.2, 0.25) is 0 Å². The van der Waals surface area contributed by atoms with Crippen LogP contribution in [0.3, 0.4) is 0 Å². The van der Waals surface area contributed by atoms with Gasteiger partial charge in [0.25, 0.3) is 0 Å². The lowest BCUT2D eigenvalue weighted by atomic mass is 9.91. The van der Waals surface area contributed by atoms with Crippen LogP contribution >= 0.6 is 0 Å². The zero-order chi connectivity index (χ0) is 13.6. The second-order valence-corrected chi connectivity index (χ2v) is 4.27. The molecule has 0 aromatic heterocycles. The van der Waals surface area contributed by atoms with Crippen molar-refractivity contribution in [1.82, 2.24) is 5.32 Å². The summed E-state index contributed by atoms with van der Waals surface area (Å²) in [6.07, 6.45) is 0.947. The molecule has 1 aromatic rings. The molecule has 1 N–H and O–H groups in total. The van der Waals surface area contributed by atoms with Crippen molar-refractivity contribution < 1.29 is 14.3 Å². The SMILES string of the molecule is CCCNC(C)(C(=O)OC)c1ccc(OC)cc1. The smallest absolute Gasteiger partial charge is 0.330 e. The molecule has 0 saturated heterocycles. The normalized spacial score (nSPS) is 13.8. The Kier molecular flexibility index (Phi) is 5.16. The van der Waals surface area contributed by atoms with Crippen LogP contribution in [0.5, 0.6) is 5.75 Å². The predicted octanol–water partition coefficient (Wildman–Crippen LogP) is 2.08. The molecular formula is C14H21NO3. The fraction of sp³-hybridized carbons (Fsp3) is 0.500. The third kappa shape index (κ3) is 3.01. The zero-order valence-corrected chi connectivity index (χ0v) is 11.4. The van der Waals surface area contributed by atoms with Crippen molar-refractivity contribution in [3.05, 3.63) is 29.8 Å². The second-order valence-electron chi connectivity index (χ2n) is 4.27. The van der Waals surface area contributed by atoms with E-state index in [1.807, 2.05) is 31.2 Å². The minimum absolute atomic E-state index is 0.291. The van der Waals surface area contributed by atoms with Gasteiger partial charge >= 0.3 is 5.97 Å². The Labute approximate surface area is 108 Å². The van der Waals surface area contributed by atoms with Crippen LogP contribution in [0.4, 0.5) is 0 Å². The van der Waals surface area contributed by atoms with Gasteiger partial charge in [0.1, 0.15) is 11.3 Å². The Hall–Kier alpha value is -1.55. The molecule has 0 fully saturated rings. The van der Waals surface area contributed by atoms with Crippen molar-refractivity contribution in [1.29, 1.82) is 0 Å². The van der Waals surface area contributed by atoms with Gasteiger partial charge in [-0.25, -0.2) is 4.79 Å². The van der Waals surface area contributed by atoms with Crippen molar-refractivity contribution >= 4 is 5.97 Å². The molecule has 0 aliphatic carbocycles. The number of rotatable bonds is 6. The number of hydrogen-bond acceptors (Lipinski definition) is 4. The highest BCUT2D eigenvalue weighted by Gasteiger charge is 2.35. The molecule has 0 heterocycles. The molecule has 0 saturated carbocycles. The van der Waals surface area contributed by atoms with E-state index in [0.29, 0.717) is 0 Å². The molecule has 18 heavy (non-hydrogen) atoms. The topological polar surface area (TPSA) is 47.6 Å². The van der Waals surface area contributed by atoms with Crippen LogP contribution in [0.25, 0.3) is 0 Å². The fourth-order valence-corrected chi connectivity index (χ4v) is 1.80. The molecule has 1 atom stereocenters. The van der Waals surface area contributed by atoms with Gasteiger partial charge in [0.05, 0.1) is 14.2 Å². The number of ether oxygens (including phenoxy) is 2. The summed E-state index contributed by atoms with van der Waals surface area (Å²) in [6.45, 7) is 4.63. The minimum Gasteiger partial charge on any atom is -0.497 e. The van der Waals surface area contributed by atoms with Crippen LogP contribution in [0, 0.1) is 0 Å². The Morgan fingerprint density at radius 2 is 1.89 bits per heavy atom. The monoisotopic (exact) mass is 251 g/mol. The molecule has 0 amide bonds. The van der Waals surface area contributed by atoms with Crippen molar-refractivity contribution in [3.8, 4) is 5.75 Å². The van der Waals surface area contributed by atoms with Gasteiger partial charge < -0.3 is 9.47 Å². The largest absolute Gasteiger partial charge is 0.497 e. The first kappa shape index (κ1) is 14.5. The van der Waals surface area contributed by atoms with Crippen molar-refractivity contribution in [2.45, 2.75) is 25.8 Å². The lowest BCUT2D eigenvalue weighted by Crippen LogP contribution is -2.47. The molecule has 1 aromatic carbocycles. The molecule has 0 bridgehead atoms. The van der Waals surface area contributed by atoms with E-state index in [1.54, 1.807) is 7.11 Å². The van der Waals surface area contributed by atoms with Gasteiger partial charge in [0.2, 0.25) is 0 Å². The average Bonchev–Trinajstić information content (AvgIpc) is 2.43. The molecular weight excluding hydrogens is 230 g/mol. The van der Waals surface area contributed by atoms with Crippen LogP contribution in [-0.4, -0.2) is 26.7 Å². The zero-order valence-electron chi connectivity index (χ0n) is 11.4. The van der Waals surface area contributed by atoms with E-state index in [2.05, 4.69) is 12.2 Å². The van der Waals surface area contributed by atoms with E-state index < -0.39 is 5.54 Å². The maximum Gasteiger partial charge on any atom is 0.330 e. The molecule has 0 aliphatic rings. The summed E-state index contributed by atoms with van der Waals surface area (Å²) < 4.78 is 10.0. The first-order chi connectivity index (χ1) is 8.58. The number of carbonyl (C=O) groups is 1. The quantitative estimate of drug-likeness (QED) is 0.786. The van der Waals surface area contributed by atoms with Gasteiger partial charge in [-0.05, 0) is 37.6 Å². The number of methoxy groups -OCH3 is 2. The summed E-state index contributed by atoms with van der Waals surface area (Å²) in [4.78, 5) is 12.0. The fourth-order valence-electron chi connectivity index (χ4n) is 1.80. The van der Waals surface area contributed by atoms with Gasteiger partial charge in [0, 0.05) is 0 Å². The standard InChI is InChI=1S/C14H21NO3/c1-5-10-15-14(2,13(16)18-4)11-6-8-12(17-3)9-7-11/h6-9,15H,5,10H2,1-4H3. The minimum atomic E-state index is -0.822. The van der Waals surface area contributed by atoms with Crippen molar-refractivity contribution in [2.24, 2.45) is 0 Å². The predicted molar refractivity (Wildman–Crippen MR) is 70.7 cm³/mol. The number of nitrogens with one attached hydrogen (secondary N) is 1. The van der Waals surface area contributed by atoms with Gasteiger partial charge in [-0.3, -0.25) is 5.32 Å². The molecule has 4 nitrogen and oxygen atoms in total. The lowest BCUT2D eigenvalue weighted by Gasteiger charge is -2.28. The Morgan fingerprint density at radius 3 is 2.33 bits per heavy atom. The Morgan fingerprint density at radius 1 is 1.28 bits per heavy atom. The van der Waals surface area contributed by atoms with E-state index in [1.165, 1.54) is 7.11 Å². The number of benzene rings is 1. The third-order valence-electron chi connectivity index (χ3n) is 2.99. The molecule has 0 aliphatic heterocycles. The second kappa shape index (κ2) is 6.40. The Bertz CT molecular complexity index is 389. The number of hydrogen-bond donors (Lipinski definition) is 1. The van der Waals surface area contributed by atoms with Gasteiger partial charge in [-0.2, -0.15) is 0 Å². The van der Waals surface area contributed by atoms with Crippen LogP contribution in [0.1, 0.15) is 25.8 Å². The first-order valence-corrected chi connectivity index (χ1v) is 6.06. The summed E-state index contributed by atoms with van der Waals surface area (Å²) in [7, 11) is 3.02. The molecule has 100 valence electrons. The molecule has 4 heteroatoms. The maximum atomic E-state index is 12.0. The highest BCUT2D eigenvalue weighted by molar-refractivity contribution is 5.82. The maximum absolute atomic E-state index is 12.0. The van der Waals surface area contributed by atoms with Gasteiger partial charge in [-0.15, -0.1) is 0 Å².